The van der Waals surface area contributed by atoms with Gasteiger partial charge in [-0.15, -0.1) is 0 Å². The zero-order chi connectivity index (χ0) is 12.3. The molecule has 0 bridgehead atoms. The Balaban J connectivity index is 2.30. The third-order valence-corrected chi connectivity index (χ3v) is 2.30. The van der Waals surface area contributed by atoms with Gasteiger partial charge in [-0.25, -0.2) is 9.78 Å². The number of hydrogen-bond donors (Lipinski definition) is 2. The molecular weight excluding hydrogens is 240 g/mol. The molecule has 4 nitrogen and oxygen atoms in total. The minimum Gasteiger partial charge on any atom is -0.478 e. The number of carboxylic acid groups (broad SMARTS) is 1. The molecule has 0 saturated heterocycles. The van der Waals surface area contributed by atoms with E-state index in [1.165, 1.54) is 12.1 Å². The van der Waals surface area contributed by atoms with Gasteiger partial charge in [0.1, 0.15) is 5.82 Å². The predicted octanol–water partition coefficient (Wildman–Crippen LogP) is 3.18. The molecule has 1 aromatic heterocycles. The van der Waals surface area contributed by atoms with E-state index in [4.69, 9.17) is 16.7 Å². The van der Waals surface area contributed by atoms with Crippen LogP contribution >= 0.6 is 11.6 Å². The quantitative estimate of drug-likeness (QED) is 0.876. The van der Waals surface area contributed by atoms with E-state index < -0.39 is 5.97 Å². The number of halogens is 1. The SMILES string of the molecule is O=C(O)c1cc(Cl)cc(Nc2ccccn2)c1. The molecule has 0 amide bonds. The van der Waals surface area contributed by atoms with Gasteiger partial charge in [0.2, 0.25) is 0 Å². The van der Waals surface area contributed by atoms with E-state index in [9.17, 15) is 4.79 Å². The number of anilines is 2. The summed E-state index contributed by atoms with van der Waals surface area (Å²) in [5.41, 5.74) is 0.726. The molecule has 0 spiro atoms. The molecule has 1 heterocycles. The summed E-state index contributed by atoms with van der Waals surface area (Å²) in [7, 11) is 0. The number of carbonyl (C=O) groups is 1. The van der Waals surface area contributed by atoms with Crippen LogP contribution < -0.4 is 5.32 Å². The van der Waals surface area contributed by atoms with Crippen LogP contribution in [0.2, 0.25) is 5.02 Å². The van der Waals surface area contributed by atoms with Crippen LogP contribution in [0.15, 0.2) is 42.6 Å². The molecule has 5 heteroatoms. The maximum absolute atomic E-state index is 10.9. The molecule has 0 aliphatic carbocycles. The highest BCUT2D eigenvalue weighted by molar-refractivity contribution is 6.31. The first-order valence-corrected chi connectivity index (χ1v) is 5.25. The van der Waals surface area contributed by atoms with Gasteiger partial charge in [-0.2, -0.15) is 0 Å². The number of aromatic carboxylic acids is 1. The van der Waals surface area contributed by atoms with E-state index in [1.807, 2.05) is 6.07 Å². The van der Waals surface area contributed by atoms with Crippen LogP contribution in [0.25, 0.3) is 0 Å². The van der Waals surface area contributed by atoms with Crippen molar-refractivity contribution in [3.8, 4) is 0 Å². The minimum absolute atomic E-state index is 0.135. The second-order valence-electron chi connectivity index (χ2n) is 3.37. The summed E-state index contributed by atoms with van der Waals surface area (Å²) < 4.78 is 0. The van der Waals surface area contributed by atoms with Gasteiger partial charge < -0.3 is 10.4 Å². The molecule has 0 aliphatic heterocycles. The number of nitrogens with one attached hydrogen (secondary N) is 1. The fraction of sp³-hybridized carbons (Fsp3) is 0. The van der Waals surface area contributed by atoms with Crippen molar-refractivity contribution in [2.45, 2.75) is 0 Å². The summed E-state index contributed by atoms with van der Waals surface area (Å²) in [6, 6.07) is 9.95. The average molecular weight is 249 g/mol. The third-order valence-electron chi connectivity index (χ3n) is 2.08. The molecule has 0 aliphatic rings. The first-order valence-electron chi connectivity index (χ1n) is 4.87. The molecule has 0 fully saturated rings. The van der Waals surface area contributed by atoms with Crippen LogP contribution in [-0.4, -0.2) is 16.1 Å². The van der Waals surface area contributed by atoms with E-state index in [-0.39, 0.29) is 5.56 Å². The zero-order valence-electron chi connectivity index (χ0n) is 8.72. The van der Waals surface area contributed by atoms with E-state index in [1.54, 1.807) is 24.4 Å². The summed E-state index contributed by atoms with van der Waals surface area (Å²) in [4.78, 5) is 14.9. The smallest absolute Gasteiger partial charge is 0.335 e. The van der Waals surface area contributed by atoms with Gasteiger partial charge in [0.15, 0.2) is 0 Å². The summed E-state index contributed by atoms with van der Waals surface area (Å²) in [5, 5.41) is 12.2. The Bertz CT molecular complexity index is 543. The fourth-order valence-corrected chi connectivity index (χ4v) is 1.60. The molecular formula is C12H9ClN2O2. The first kappa shape index (κ1) is 11.4. The Hall–Kier alpha value is -2.07. The molecule has 0 radical (unpaired) electrons. The largest absolute Gasteiger partial charge is 0.478 e. The Morgan fingerprint density at radius 1 is 1.29 bits per heavy atom. The number of aromatic nitrogens is 1. The number of nitrogens with zero attached hydrogens (tertiary/aromatic N) is 1. The molecule has 0 atom stereocenters. The van der Waals surface area contributed by atoms with Crippen LogP contribution in [-0.2, 0) is 0 Å². The molecule has 2 aromatic rings. The van der Waals surface area contributed by atoms with Crippen molar-refractivity contribution in [3.63, 3.8) is 0 Å². The highest BCUT2D eigenvalue weighted by atomic mass is 35.5. The van der Waals surface area contributed by atoms with Crippen LogP contribution in [0.1, 0.15) is 10.4 Å². The molecule has 86 valence electrons. The lowest BCUT2D eigenvalue weighted by atomic mass is 10.2. The third kappa shape index (κ3) is 2.95. The lowest BCUT2D eigenvalue weighted by molar-refractivity contribution is 0.0697. The van der Waals surface area contributed by atoms with Crippen molar-refractivity contribution in [1.82, 2.24) is 4.98 Å². The van der Waals surface area contributed by atoms with Gasteiger partial charge >= 0.3 is 5.97 Å². The normalized spacial score (nSPS) is 9.94. The standard InChI is InChI=1S/C12H9ClN2O2/c13-9-5-8(12(16)17)6-10(7-9)15-11-3-1-2-4-14-11/h1-7H,(H,14,15)(H,16,17). The number of carboxylic acids is 1. The van der Waals surface area contributed by atoms with Gasteiger partial charge in [0, 0.05) is 16.9 Å². The number of benzene rings is 1. The van der Waals surface area contributed by atoms with Gasteiger partial charge in [-0.1, -0.05) is 17.7 Å². The zero-order valence-corrected chi connectivity index (χ0v) is 9.48. The van der Waals surface area contributed by atoms with E-state index in [0.29, 0.717) is 16.5 Å². The summed E-state index contributed by atoms with van der Waals surface area (Å²) in [6.07, 6.45) is 1.64. The molecule has 0 unspecified atom stereocenters. The van der Waals surface area contributed by atoms with Crippen molar-refractivity contribution in [2.75, 3.05) is 5.32 Å². The van der Waals surface area contributed by atoms with E-state index in [2.05, 4.69) is 10.3 Å². The summed E-state index contributed by atoms with van der Waals surface area (Å²) in [6.45, 7) is 0. The second kappa shape index (κ2) is 4.84. The molecule has 1 aromatic carbocycles. The van der Waals surface area contributed by atoms with E-state index >= 15 is 0 Å². The number of hydrogen-bond acceptors (Lipinski definition) is 3. The predicted molar refractivity (Wildman–Crippen MR) is 65.9 cm³/mol. The van der Waals surface area contributed by atoms with Crippen molar-refractivity contribution < 1.29 is 9.90 Å². The number of pyridine rings is 1. The highest BCUT2D eigenvalue weighted by Gasteiger charge is 2.06. The van der Waals surface area contributed by atoms with E-state index in [0.717, 1.165) is 0 Å². The van der Waals surface area contributed by atoms with Crippen molar-refractivity contribution in [3.05, 3.63) is 53.2 Å². The monoisotopic (exact) mass is 248 g/mol. The van der Waals surface area contributed by atoms with Crippen LogP contribution in [0.4, 0.5) is 11.5 Å². The van der Waals surface area contributed by atoms with Crippen molar-refractivity contribution in [2.24, 2.45) is 0 Å². The van der Waals surface area contributed by atoms with Gasteiger partial charge in [-0.3, -0.25) is 0 Å². The summed E-state index contributed by atoms with van der Waals surface area (Å²) >= 11 is 5.84. The Morgan fingerprint density at radius 3 is 2.76 bits per heavy atom. The average Bonchev–Trinajstić information content (AvgIpc) is 2.29. The van der Waals surface area contributed by atoms with Gasteiger partial charge in [0.25, 0.3) is 0 Å². The van der Waals surface area contributed by atoms with Crippen LogP contribution in [0.3, 0.4) is 0 Å². The second-order valence-corrected chi connectivity index (χ2v) is 3.81. The molecule has 2 N–H and O–H groups in total. The van der Waals surface area contributed by atoms with Crippen molar-refractivity contribution >= 4 is 29.1 Å². The Morgan fingerprint density at radius 2 is 2.12 bits per heavy atom. The Kier molecular flexibility index (Phi) is 3.25. The summed E-state index contributed by atoms with van der Waals surface area (Å²) in [5.74, 6) is -0.386. The van der Waals surface area contributed by atoms with Crippen LogP contribution in [0.5, 0.6) is 0 Å². The van der Waals surface area contributed by atoms with Gasteiger partial charge in [0.05, 0.1) is 5.56 Å². The Labute approximate surface area is 103 Å². The fourth-order valence-electron chi connectivity index (χ4n) is 1.37. The van der Waals surface area contributed by atoms with Crippen molar-refractivity contribution in [1.29, 1.82) is 0 Å². The topological polar surface area (TPSA) is 62.2 Å². The lowest BCUT2D eigenvalue weighted by Crippen LogP contribution is -1.99. The maximum atomic E-state index is 10.9. The first-order chi connectivity index (χ1) is 8.15. The lowest BCUT2D eigenvalue weighted by Gasteiger charge is -2.06. The number of rotatable bonds is 3. The highest BCUT2D eigenvalue weighted by Crippen LogP contribution is 2.21. The minimum atomic E-state index is -1.02. The van der Waals surface area contributed by atoms with Gasteiger partial charge in [-0.05, 0) is 30.3 Å². The maximum Gasteiger partial charge on any atom is 0.335 e. The molecule has 17 heavy (non-hydrogen) atoms. The molecule has 2 rings (SSSR count). The molecule has 0 saturated carbocycles. The van der Waals surface area contributed by atoms with Crippen LogP contribution in [0, 0.1) is 0 Å².